The number of hydrogen-bond acceptors (Lipinski definition) is 14. The minimum atomic E-state index is -5.93. The highest BCUT2D eigenvalue weighted by Gasteiger charge is 2.49. The Bertz CT molecular complexity index is 2620. The molecule has 0 atom stereocenters. The number of nitrogens with zero attached hydrogens (tertiary/aromatic N) is 4. The molecule has 2 heterocycles. The number of fused-ring (bicyclic) bond motifs is 2. The molecule has 2 N–H and O–H groups in total. The molecule has 2 aromatic heterocycles. The van der Waals surface area contributed by atoms with Crippen LogP contribution in [0.2, 0.25) is 10.0 Å². The van der Waals surface area contributed by atoms with Gasteiger partial charge in [-0.1, -0.05) is 23.2 Å². The van der Waals surface area contributed by atoms with Crippen LogP contribution in [0.3, 0.4) is 0 Å². The Kier molecular flexibility index (Phi) is 13.8. The number of hydrogen-bond donors (Lipinski definition) is 2. The summed E-state index contributed by atoms with van der Waals surface area (Å²) >= 11 is 11.6. The number of halogens is 7. The van der Waals surface area contributed by atoms with Crippen LogP contribution in [-0.2, 0) is 23.7 Å². The van der Waals surface area contributed by atoms with Crippen molar-refractivity contribution in [3.63, 3.8) is 0 Å². The molecule has 0 saturated heterocycles. The fraction of sp³-hybridized carbons (Fsp3) is 0.200. The SMILES string of the molecule is CCOP(=O)(OCC)c1cc2c(Nc3ccc(F)c(Cl)c3)ncnc2cc1OC.COc1cc2ncnc(Nc3ccc(F)c(Cl)c3)c2cc1OS(=O)(=O)C(F)(F)F. The Labute approximate surface area is 337 Å². The minimum Gasteiger partial charge on any atom is -0.496 e. The van der Waals surface area contributed by atoms with Gasteiger partial charge in [-0.2, -0.15) is 21.6 Å². The van der Waals surface area contributed by atoms with Crippen LogP contribution in [0, 0.1) is 11.6 Å². The van der Waals surface area contributed by atoms with Crippen molar-refractivity contribution in [3.8, 4) is 17.2 Å². The van der Waals surface area contributed by atoms with Crippen LogP contribution in [0.4, 0.5) is 45.0 Å². The van der Waals surface area contributed by atoms with Gasteiger partial charge in [-0.15, -0.1) is 0 Å². The third-order valence-electron chi connectivity index (χ3n) is 7.60. The van der Waals surface area contributed by atoms with E-state index in [4.69, 9.17) is 41.7 Å². The molecule has 0 aliphatic rings. The first-order valence-electron chi connectivity index (χ1n) is 16.4. The quantitative estimate of drug-likeness (QED) is 0.0486. The van der Waals surface area contributed by atoms with E-state index in [1.165, 1.54) is 49.8 Å². The topological polar surface area (TPSA) is 173 Å². The van der Waals surface area contributed by atoms with Gasteiger partial charge in [-0.05, 0) is 62.4 Å². The Morgan fingerprint density at radius 2 is 1.16 bits per heavy atom. The third-order valence-corrected chi connectivity index (χ3v) is 11.3. The van der Waals surface area contributed by atoms with E-state index in [0.717, 1.165) is 25.6 Å². The van der Waals surface area contributed by atoms with Crippen molar-refractivity contribution in [3.05, 3.63) is 95.0 Å². The van der Waals surface area contributed by atoms with Crippen molar-refractivity contribution < 1.29 is 57.6 Å². The van der Waals surface area contributed by atoms with Gasteiger partial charge in [-0.3, -0.25) is 4.57 Å². The van der Waals surface area contributed by atoms with Crippen LogP contribution in [0.5, 0.6) is 17.2 Å². The van der Waals surface area contributed by atoms with Crippen molar-refractivity contribution in [2.24, 2.45) is 0 Å². The van der Waals surface area contributed by atoms with Gasteiger partial charge in [-0.25, -0.2) is 28.7 Å². The van der Waals surface area contributed by atoms with Crippen LogP contribution in [0.25, 0.3) is 21.8 Å². The Balaban J connectivity index is 0.000000221. The standard InChI is InChI=1S/C19H20ClFN3O4P.C16H10ClF4N3O4S/c1-4-27-29(25,28-5-2)18-9-13-16(10-17(18)26-3)22-11-23-19(13)24-12-6-7-15(21)14(20)8-12;1-27-13-6-12-9(5-14(13)28-29(25,26)16(19,20)21)15(23-7-22-12)24-8-2-3-11(18)10(17)4-8/h6-11H,4-5H2,1-3H3,(H,22,23,24);2-7H,1H3,(H,22,23,24). The molecule has 0 aliphatic carbocycles. The van der Waals surface area contributed by atoms with Crippen molar-refractivity contribution in [1.29, 1.82) is 0 Å². The molecule has 0 unspecified atom stereocenters. The van der Waals surface area contributed by atoms with Gasteiger partial charge in [0.05, 0.1) is 48.5 Å². The second-order valence-corrected chi connectivity index (χ2v) is 15.7. The number of methoxy groups -OCH3 is 2. The summed E-state index contributed by atoms with van der Waals surface area (Å²) in [5.41, 5.74) is -4.02. The summed E-state index contributed by atoms with van der Waals surface area (Å²) in [6.07, 6.45) is 2.53. The molecule has 23 heteroatoms. The fourth-order valence-electron chi connectivity index (χ4n) is 5.04. The molecule has 6 aromatic rings. The number of alkyl halides is 3. The van der Waals surface area contributed by atoms with Crippen LogP contribution in [0.15, 0.2) is 73.3 Å². The molecule has 14 nitrogen and oxygen atoms in total. The summed E-state index contributed by atoms with van der Waals surface area (Å²) in [6.45, 7) is 3.85. The van der Waals surface area contributed by atoms with Gasteiger partial charge in [0.1, 0.15) is 47.0 Å². The first-order chi connectivity index (χ1) is 27.4. The van der Waals surface area contributed by atoms with Gasteiger partial charge < -0.3 is 33.3 Å². The summed E-state index contributed by atoms with van der Waals surface area (Å²) in [7, 11) is -6.97. The zero-order chi connectivity index (χ0) is 42.4. The Morgan fingerprint density at radius 1 is 0.690 bits per heavy atom. The van der Waals surface area contributed by atoms with E-state index in [1.807, 2.05) is 0 Å². The van der Waals surface area contributed by atoms with E-state index in [2.05, 4.69) is 34.8 Å². The van der Waals surface area contributed by atoms with Gasteiger partial charge in [0.15, 0.2) is 11.5 Å². The second-order valence-electron chi connectivity index (χ2n) is 11.3. The van der Waals surface area contributed by atoms with Crippen molar-refractivity contribution in [1.82, 2.24) is 19.9 Å². The number of rotatable bonds is 13. The molecular formula is C35H30Cl2F5N6O8PS. The monoisotopic (exact) mass is 890 g/mol. The molecule has 0 radical (unpaired) electrons. The van der Waals surface area contributed by atoms with Crippen molar-refractivity contribution in [2.75, 3.05) is 38.1 Å². The average Bonchev–Trinajstić information content (AvgIpc) is 3.17. The lowest BCUT2D eigenvalue weighted by Crippen LogP contribution is -2.28. The predicted molar refractivity (Wildman–Crippen MR) is 208 cm³/mol. The molecule has 0 aliphatic heterocycles. The zero-order valence-electron chi connectivity index (χ0n) is 30.4. The van der Waals surface area contributed by atoms with E-state index in [0.29, 0.717) is 33.8 Å². The number of nitrogens with one attached hydrogen (secondary N) is 2. The lowest BCUT2D eigenvalue weighted by molar-refractivity contribution is -0.0500. The highest BCUT2D eigenvalue weighted by atomic mass is 35.5. The van der Waals surface area contributed by atoms with Gasteiger partial charge in [0.25, 0.3) is 0 Å². The van der Waals surface area contributed by atoms with Crippen LogP contribution in [-0.4, -0.2) is 61.3 Å². The number of aromatic nitrogens is 4. The second kappa shape index (κ2) is 18.2. The maximum absolute atomic E-state index is 13.4. The number of anilines is 4. The first kappa shape index (κ1) is 44.0. The van der Waals surface area contributed by atoms with Crippen molar-refractivity contribution in [2.45, 2.75) is 19.4 Å². The highest BCUT2D eigenvalue weighted by molar-refractivity contribution is 7.88. The average molecular weight is 892 g/mol. The van der Waals surface area contributed by atoms with E-state index in [1.54, 1.807) is 26.0 Å². The molecule has 308 valence electrons. The van der Waals surface area contributed by atoms with Crippen LogP contribution >= 0.6 is 30.8 Å². The summed E-state index contributed by atoms with van der Waals surface area (Å²) < 4.78 is 126. The van der Waals surface area contributed by atoms with Crippen LogP contribution in [0.1, 0.15) is 13.8 Å². The van der Waals surface area contributed by atoms with Gasteiger partial charge in [0.2, 0.25) is 0 Å². The summed E-state index contributed by atoms with van der Waals surface area (Å²) in [4.78, 5) is 16.4. The lowest BCUT2D eigenvalue weighted by Gasteiger charge is -2.20. The van der Waals surface area contributed by atoms with Crippen LogP contribution < -0.4 is 29.6 Å². The maximum Gasteiger partial charge on any atom is 0.534 e. The summed E-state index contributed by atoms with van der Waals surface area (Å²) in [6, 6.07) is 13.4. The summed E-state index contributed by atoms with van der Waals surface area (Å²) in [5, 5.41) is 6.63. The molecular weight excluding hydrogens is 861 g/mol. The van der Waals surface area contributed by atoms with E-state index >= 15 is 0 Å². The molecule has 0 spiro atoms. The largest absolute Gasteiger partial charge is 0.534 e. The highest BCUT2D eigenvalue weighted by Crippen LogP contribution is 2.50. The minimum absolute atomic E-state index is 0.0205. The molecule has 0 fully saturated rings. The third kappa shape index (κ3) is 9.94. The molecule has 0 bridgehead atoms. The molecule has 4 aromatic carbocycles. The van der Waals surface area contributed by atoms with Crippen molar-refractivity contribution >= 4 is 91.0 Å². The molecule has 6 rings (SSSR count). The molecule has 0 amide bonds. The fourth-order valence-corrected chi connectivity index (χ4v) is 7.61. The molecule has 58 heavy (non-hydrogen) atoms. The van der Waals surface area contributed by atoms with E-state index in [9.17, 15) is 34.9 Å². The van der Waals surface area contributed by atoms with Gasteiger partial charge in [0, 0.05) is 34.3 Å². The predicted octanol–water partition coefficient (Wildman–Crippen LogP) is 9.47. The summed E-state index contributed by atoms with van der Waals surface area (Å²) in [5.74, 6) is -1.35. The maximum atomic E-state index is 13.4. The van der Waals surface area contributed by atoms with E-state index in [-0.39, 0.29) is 51.0 Å². The first-order valence-corrected chi connectivity index (χ1v) is 20.1. The number of benzene rings is 4. The number of ether oxygens (including phenoxy) is 2. The van der Waals surface area contributed by atoms with Gasteiger partial charge >= 0.3 is 23.2 Å². The zero-order valence-corrected chi connectivity index (χ0v) is 33.6. The normalized spacial score (nSPS) is 11.8. The van der Waals surface area contributed by atoms with E-state index < -0.39 is 40.6 Å². The Hall–Kier alpha value is -5.11. The molecule has 0 saturated carbocycles. The smallest absolute Gasteiger partial charge is 0.496 e. The lowest BCUT2D eigenvalue weighted by atomic mass is 10.2. The Morgan fingerprint density at radius 3 is 1.59 bits per heavy atom.